The number of amides is 4. The van der Waals surface area contributed by atoms with Gasteiger partial charge in [0, 0.05) is 12.7 Å². The molecule has 51 heavy (non-hydrogen) atoms. The molecule has 4 amide bonds. The van der Waals surface area contributed by atoms with Crippen molar-refractivity contribution < 1.29 is 38.2 Å². The number of imidazole rings is 1. The van der Waals surface area contributed by atoms with E-state index in [1.807, 2.05) is 60.7 Å². The summed E-state index contributed by atoms with van der Waals surface area (Å²) in [6.07, 6.45) is 3.28. The number of likely N-dealkylation sites (tertiary alicyclic amines) is 1. The maximum atomic E-state index is 14.3. The zero-order valence-corrected chi connectivity index (χ0v) is 30.2. The highest BCUT2D eigenvalue weighted by atomic mass is 16.6. The highest BCUT2D eigenvalue weighted by Gasteiger charge is 2.46. The fraction of sp³-hybridized carbons (Fsp3) is 0.459. The van der Waals surface area contributed by atoms with Crippen LogP contribution in [-0.2, 0) is 45.5 Å². The van der Waals surface area contributed by atoms with Crippen LogP contribution in [0.5, 0.6) is 0 Å². The number of nitrogens with zero attached hydrogens (tertiary/aromatic N) is 3. The van der Waals surface area contributed by atoms with E-state index in [1.54, 1.807) is 32.3 Å². The standard InChI is InChI=1S/C37H48N6O8/c1-35(2,3)51-34(48)41-36(4,5)32(46)39-27(23-50-22-25-15-10-8-11-16-25)30(44)40-29-21-42(24-38-29)37(6,26-17-12-9-13-18-26)33(47)43-20-14-19-28(43)31(45)49-7/h8-13,15-18,21,24,27-28H,14,19-20,22-23H2,1-7H3,(H,39,46)(H,40,44)(H,41,48)/t27-,28-,37?/m1/s1. The molecule has 0 saturated carbocycles. The Labute approximate surface area is 298 Å². The summed E-state index contributed by atoms with van der Waals surface area (Å²) in [5, 5.41) is 7.96. The van der Waals surface area contributed by atoms with Crippen LogP contribution in [0.15, 0.2) is 73.2 Å². The Morgan fingerprint density at radius 3 is 2.22 bits per heavy atom. The zero-order valence-electron chi connectivity index (χ0n) is 30.2. The Morgan fingerprint density at radius 1 is 0.941 bits per heavy atom. The van der Waals surface area contributed by atoms with Crippen LogP contribution in [0.3, 0.4) is 0 Å². The SMILES string of the molecule is COC(=O)[C@H]1CCCN1C(=O)C(C)(c1ccccc1)n1cnc(NC(=O)[C@@H](COCc2ccccc2)NC(=O)C(C)(C)NC(=O)OC(C)(C)C)c1. The smallest absolute Gasteiger partial charge is 0.408 e. The molecule has 4 rings (SSSR count). The number of benzene rings is 2. The van der Waals surface area contributed by atoms with Crippen molar-refractivity contribution in [3.8, 4) is 0 Å². The van der Waals surface area contributed by atoms with E-state index in [0.717, 1.165) is 5.56 Å². The van der Waals surface area contributed by atoms with Gasteiger partial charge < -0.3 is 39.6 Å². The van der Waals surface area contributed by atoms with Gasteiger partial charge in [-0.2, -0.15) is 0 Å². The quantitative estimate of drug-likeness (QED) is 0.224. The Balaban J connectivity index is 1.57. The predicted octanol–water partition coefficient (Wildman–Crippen LogP) is 3.75. The summed E-state index contributed by atoms with van der Waals surface area (Å²) in [7, 11) is 1.30. The third-order valence-electron chi connectivity index (χ3n) is 8.49. The number of alkyl carbamates (subject to hydrolysis) is 1. The second kappa shape index (κ2) is 16.2. The molecule has 14 nitrogen and oxygen atoms in total. The summed E-state index contributed by atoms with van der Waals surface area (Å²) >= 11 is 0. The first-order chi connectivity index (χ1) is 24.0. The summed E-state index contributed by atoms with van der Waals surface area (Å²) in [4.78, 5) is 72.5. The van der Waals surface area contributed by atoms with Gasteiger partial charge in [0.1, 0.15) is 28.8 Å². The van der Waals surface area contributed by atoms with E-state index in [4.69, 9.17) is 14.2 Å². The van der Waals surface area contributed by atoms with Crippen LogP contribution < -0.4 is 16.0 Å². The Bertz CT molecular complexity index is 1690. The Kier molecular flexibility index (Phi) is 12.2. The number of aromatic nitrogens is 2. The molecule has 0 spiro atoms. The molecular formula is C37H48N6O8. The van der Waals surface area contributed by atoms with Crippen molar-refractivity contribution in [3.63, 3.8) is 0 Å². The Morgan fingerprint density at radius 2 is 1.59 bits per heavy atom. The normalized spacial score (nSPS) is 16.4. The third kappa shape index (κ3) is 9.72. The first kappa shape index (κ1) is 38.6. The number of ether oxygens (including phenoxy) is 3. The fourth-order valence-electron chi connectivity index (χ4n) is 5.67. The van der Waals surface area contributed by atoms with Crippen molar-refractivity contribution in [3.05, 3.63) is 84.3 Å². The van der Waals surface area contributed by atoms with E-state index < -0.39 is 52.6 Å². The average Bonchev–Trinajstić information content (AvgIpc) is 3.77. The van der Waals surface area contributed by atoms with Gasteiger partial charge in [-0.1, -0.05) is 60.7 Å². The minimum atomic E-state index is -1.46. The minimum absolute atomic E-state index is 0.106. The number of carbonyl (C=O) groups is 5. The van der Waals surface area contributed by atoms with Gasteiger partial charge in [-0.3, -0.25) is 14.4 Å². The van der Waals surface area contributed by atoms with Crippen LogP contribution in [0.2, 0.25) is 0 Å². The molecular weight excluding hydrogens is 656 g/mol. The van der Waals surface area contributed by atoms with E-state index in [9.17, 15) is 24.0 Å². The van der Waals surface area contributed by atoms with Crippen molar-refractivity contribution in [2.24, 2.45) is 0 Å². The molecule has 3 aromatic rings. The van der Waals surface area contributed by atoms with Gasteiger partial charge in [0.05, 0.1) is 26.7 Å². The van der Waals surface area contributed by atoms with Crippen LogP contribution in [0, 0.1) is 0 Å². The number of hydrogen-bond acceptors (Lipinski definition) is 9. The molecule has 2 aromatic carbocycles. The summed E-state index contributed by atoms with van der Waals surface area (Å²) in [5.74, 6) is -2.02. The first-order valence-electron chi connectivity index (χ1n) is 16.8. The lowest BCUT2D eigenvalue weighted by Crippen LogP contribution is -2.59. The van der Waals surface area contributed by atoms with Crippen molar-refractivity contribution in [1.29, 1.82) is 0 Å². The van der Waals surface area contributed by atoms with Gasteiger partial charge in [0.2, 0.25) is 5.91 Å². The monoisotopic (exact) mass is 704 g/mol. The number of anilines is 1. The third-order valence-corrected chi connectivity index (χ3v) is 8.49. The first-order valence-corrected chi connectivity index (χ1v) is 16.8. The highest BCUT2D eigenvalue weighted by molar-refractivity contribution is 5.99. The largest absolute Gasteiger partial charge is 0.467 e. The van der Waals surface area contributed by atoms with Crippen molar-refractivity contribution in [2.75, 3.05) is 25.6 Å². The lowest BCUT2D eigenvalue weighted by molar-refractivity contribution is -0.153. The van der Waals surface area contributed by atoms with Crippen molar-refractivity contribution in [1.82, 2.24) is 25.1 Å². The fourth-order valence-corrected chi connectivity index (χ4v) is 5.67. The number of esters is 1. The topological polar surface area (TPSA) is 170 Å². The number of hydrogen-bond donors (Lipinski definition) is 3. The summed E-state index contributed by atoms with van der Waals surface area (Å²) in [6, 6.07) is 16.5. The minimum Gasteiger partial charge on any atom is -0.467 e. The molecule has 0 bridgehead atoms. The molecule has 14 heteroatoms. The van der Waals surface area contributed by atoms with Gasteiger partial charge >= 0.3 is 12.1 Å². The molecule has 1 aliphatic heterocycles. The lowest BCUT2D eigenvalue weighted by atomic mass is 9.89. The number of rotatable bonds is 13. The van der Waals surface area contributed by atoms with E-state index in [1.165, 1.54) is 38.4 Å². The van der Waals surface area contributed by atoms with Gasteiger partial charge in [-0.05, 0) is 65.5 Å². The maximum absolute atomic E-state index is 14.3. The van der Waals surface area contributed by atoms with Crippen LogP contribution in [-0.4, -0.2) is 87.7 Å². The van der Waals surface area contributed by atoms with Crippen LogP contribution in [0.25, 0.3) is 0 Å². The molecule has 3 N–H and O–H groups in total. The second-order valence-corrected chi connectivity index (χ2v) is 14.1. The molecule has 1 aliphatic rings. The lowest BCUT2D eigenvalue weighted by Gasteiger charge is -2.36. The van der Waals surface area contributed by atoms with E-state index in [2.05, 4.69) is 20.9 Å². The summed E-state index contributed by atoms with van der Waals surface area (Å²) in [6.45, 7) is 10.2. The van der Waals surface area contributed by atoms with E-state index >= 15 is 0 Å². The summed E-state index contributed by atoms with van der Waals surface area (Å²) < 4.78 is 17.7. The van der Waals surface area contributed by atoms with Crippen molar-refractivity contribution in [2.45, 2.75) is 89.8 Å². The highest BCUT2D eigenvalue weighted by Crippen LogP contribution is 2.33. The second-order valence-electron chi connectivity index (χ2n) is 14.1. The number of methoxy groups -OCH3 is 1. The van der Waals surface area contributed by atoms with Gasteiger partial charge in [-0.15, -0.1) is 0 Å². The number of carbonyl (C=O) groups excluding carboxylic acids is 5. The predicted molar refractivity (Wildman–Crippen MR) is 188 cm³/mol. The van der Waals surface area contributed by atoms with Gasteiger partial charge in [0.15, 0.2) is 5.82 Å². The molecule has 0 aliphatic carbocycles. The van der Waals surface area contributed by atoms with E-state index in [-0.39, 0.29) is 24.9 Å². The maximum Gasteiger partial charge on any atom is 0.408 e. The summed E-state index contributed by atoms with van der Waals surface area (Å²) in [5.41, 5.74) is -2.09. The molecule has 0 radical (unpaired) electrons. The average molecular weight is 705 g/mol. The molecule has 2 heterocycles. The van der Waals surface area contributed by atoms with Crippen LogP contribution in [0.1, 0.15) is 65.5 Å². The molecule has 1 saturated heterocycles. The van der Waals surface area contributed by atoms with Gasteiger partial charge in [-0.25, -0.2) is 14.6 Å². The molecule has 3 atom stereocenters. The Hall–Kier alpha value is -5.24. The van der Waals surface area contributed by atoms with E-state index in [0.29, 0.717) is 24.9 Å². The van der Waals surface area contributed by atoms with Crippen LogP contribution in [0.4, 0.5) is 10.6 Å². The van der Waals surface area contributed by atoms with Crippen molar-refractivity contribution >= 4 is 35.6 Å². The van der Waals surface area contributed by atoms with Crippen LogP contribution >= 0.6 is 0 Å². The molecule has 274 valence electrons. The van der Waals surface area contributed by atoms with Gasteiger partial charge in [0.25, 0.3) is 11.8 Å². The number of nitrogens with one attached hydrogen (secondary N) is 3. The molecule has 1 fully saturated rings. The molecule has 1 unspecified atom stereocenters. The molecule has 1 aromatic heterocycles. The zero-order chi connectivity index (χ0) is 37.4.